The standard InChI is InChI=1S/C25H42O5/c1-14(5-8-20(27)30-4)16-6-7-17-21-18(10-12-24(16,17)2)25(3)11-9-15(26)13-19(25)22(28)23(21)29/h14-19,21-23,26,28-29H,5-13H2,1-4H3/t14-,15-,16-,17+,18+,19+,21+,22+,23+,24-,25-/m1/s1. The first-order valence-electron chi connectivity index (χ1n) is 12.2. The van der Waals surface area contributed by atoms with Gasteiger partial charge in [0, 0.05) is 6.42 Å². The first-order valence-corrected chi connectivity index (χ1v) is 12.2. The van der Waals surface area contributed by atoms with Gasteiger partial charge in [0.1, 0.15) is 0 Å². The quantitative estimate of drug-likeness (QED) is 0.603. The summed E-state index contributed by atoms with van der Waals surface area (Å²) in [5.74, 6) is 1.87. The van der Waals surface area contributed by atoms with E-state index in [0.29, 0.717) is 36.5 Å². The number of aliphatic hydroxyl groups is 3. The predicted molar refractivity (Wildman–Crippen MR) is 114 cm³/mol. The van der Waals surface area contributed by atoms with Crippen molar-refractivity contribution < 1.29 is 24.9 Å². The highest BCUT2D eigenvalue weighted by molar-refractivity contribution is 5.69. The van der Waals surface area contributed by atoms with Gasteiger partial charge in [0.2, 0.25) is 0 Å². The van der Waals surface area contributed by atoms with Gasteiger partial charge >= 0.3 is 5.97 Å². The zero-order chi connectivity index (χ0) is 21.8. The van der Waals surface area contributed by atoms with Gasteiger partial charge in [-0.15, -0.1) is 0 Å². The van der Waals surface area contributed by atoms with Gasteiger partial charge in [-0.2, -0.15) is 0 Å². The van der Waals surface area contributed by atoms with Crippen LogP contribution >= 0.6 is 0 Å². The van der Waals surface area contributed by atoms with Gasteiger partial charge in [-0.25, -0.2) is 0 Å². The van der Waals surface area contributed by atoms with Crippen LogP contribution in [0.4, 0.5) is 0 Å². The molecule has 0 spiro atoms. The van der Waals surface area contributed by atoms with E-state index in [1.807, 2.05) is 0 Å². The molecule has 3 N–H and O–H groups in total. The van der Waals surface area contributed by atoms with Gasteiger partial charge in [-0.05, 0) is 97.7 Å². The summed E-state index contributed by atoms with van der Waals surface area (Å²) in [5.41, 5.74) is 0.174. The fourth-order valence-electron chi connectivity index (χ4n) is 8.86. The summed E-state index contributed by atoms with van der Waals surface area (Å²) < 4.78 is 4.84. The molecule has 4 aliphatic rings. The van der Waals surface area contributed by atoms with Crippen molar-refractivity contribution in [3.8, 4) is 0 Å². The van der Waals surface area contributed by atoms with Crippen molar-refractivity contribution in [2.45, 2.75) is 96.9 Å². The highest BCUT2D eigenvalue weighted by Gasteiger charge is 2.65. The molecule has 0 radical (unpaired) electrons. The van der Waals surface area contributed by atoms with Crippen LogP contribution in [0.25, 0.3) is 0 Å². The number of hydrogen-bond acceptors (Lipinski definition) is 5. The second kappa shape index (κ2) is 8.04. The van der Waals surface area contributed by atoms with Crippen molar-refractivity contribution in [1.29, 1.82) is 0 Å². The zero-order valence-electron chi connectivity index (χ0n) is 19.2. The lowest BCUT2D eigenvalue weighted by molar-refractivity contribution is -0.223. The summed E-state index contributed by atoms with van der Waals surface area (Å²) >= 11 is 0. The van der Waals surface area contributed by atoms with Crippen LogP contribution < -0.4 is 0 Å². The van der Waals surface area contributed by atoms with Crippen LogP contribution in [0.3, 0.4) is 0 Å². The summed E-state index contributed by atoms with van der Waals surface area (Å²) in [7, 11) is 1.45. The Hall–Kier alpha value is -0.650. The van der Waals surface area contributed by atoms with Crippen molar-refractivity contribution in [2.24, 2.45) is 46.3 Å². The molecule has 5 nitrogen and oxygen atoms in total. The number of aliphatic hydroxyl groups excluding tert-OH is 3. The molecule has 0 aliphatic heterocycles. The van der Waals surface area contributed by atoms with Crippen LogP contribution in [-0.4, -0.2) is 46.7 Å². The summed E-state index contributed by atoms with van der Waals surface area (Å²) in [4.78, 5) is 11.7. The number of carbonyl (C=O) groups is 1. The van der Waals surface area contributed by atoms with Crippen molar-refractivity contribution in [3.05, 3.63) is 0 Å². The summed E-state index contributed by atoms with van der Waals surface area (Å²) in [6.45, 7) is 7.02. The molecule has 30 heavy (non-hydrogen) atoms. The minimum absolute atomic E-state index is 0.00182. The molecule has 5 heteroatoms. The van der Waals surface area contributed by atoms with Gasteiger partial charge in [0.15, 0.2) is 0 Å². The Morgan fingerprint density at radius 1 is 0.967 bits per heavy atom. The first kappa shape index (κ1) is 22.5. The molecule has 0 amide bonds. The molecule has 172 valence electrons. The van der Waals surface area contributed by atoms with Crippen molar-refractivity contribution in [2.75, 3.05) is 7.11 Å². The summed E-state index contributed by atoms with van der Waals surface area (Å²) in [5, 5.41) is 32.7. The van der Waals surface area contributed by atoms with Crippen LogP contribution in [0.2, 0.25) is 0 Å². The number of hydrogen-bond donors (Lipinski definition) is 3. The minimum Gasteiger partial charge on any atom is -0.469 e. The molecule has 0 unspecified atom stereocenters. The Labute approximate surface area is 181 Å². The first-order chi connectivity index (χ1) is 14.1. The average molecular weight is 423 g/mol. The molecule has 0 aromatic heterocycles. The second-order valence-corrected chi connectivity index (χ2v) is 11.6. The molecule has 4 saturated carbocycles. The van der Waals surface area contributed by atoms with Crippen molar-refractivity contribution in [1.82, 2.24) is 0 Å². The van der Waals surface area contributed by atoms with E-state index in [1.54, 1.807) is 0 Å². The molecule has 4 rings (SSSR count). The van der Waals surface area contributed by atoms with E-state index in [2.05, 4.69) is 20.8 Å². The molecule has 0 saturated heterocycles. The minimum atomic E-state index is -0.732. The van der Waals surface area contributed by atoms with E-state index in [4.69, 9.17) is 4.74 Å². The zero-order valence-corrected chi connectivity index (χ0v) is 19.2. The number of ether oxygens (including phenoxy) is 1. The number of methoxy groups -OCH3 is 1. The van der Waals surface area contributed by atoms with Crippen molar-refractivity contribution >= 4 is 5.97 Å². The topological polar surface area (TPSA) is 87.0 Å². The Balaban J connectivity index is 1.56. The van der Waals surface area contributed by atoms with E-state index in [-0.39, 0.29) is 34.7 Å². The van der Waals surface area contributed by atoms with Crippen molar-refractivity contribution in [3.63, 3.8) is 0 Å². The monoisotopic (exact) mass is 422 g/mol. The van der Waals surface area contributed by atoms with Gasteiger partial charge in [-0.3, -0.25) is 4.79 Å². The molecule has 0 heterocycles. The van der Waals surface area contributed by atoms with Gasteiger partial charge < -0.3 is 20.1 Å². The number of carbonyl (C=O) groups excluding carboxylic acids is 1. The van der Waals surface area contributed by atoms with E-state index in [1.165, 1.54) is 13.5 Å². The summed E-state index contributed by atoms with van der Waals surface area (Å²) in [6, 6.07) is 0. The number of esters is 1. The van der Waals surface area contributed by atoms with Crippen LogP contribution in [0.15, 0.2) is 0 Å². The van der Waals surface area contributed by atoms with Crippen LogP contribution in [0.1, 0.15) is 78.6 Å². The molecular formula is C25H42O5. The Morgan fingerprint density at radius 3 is 2.33 bits per heavy atom. The molecule has 0 aromatic rings. The predicted octanol–water partition coefficient (Wildman–Crippen LogP) is 3.54. The highest BCUT2D eigenvalue weighted by atomic mass is 16.5. The van der Waals surface area contributed by atoms with Crippen LogP contribution in [-0.2, 0) is 9.53 Å². The smallest absolute Gasteiger partial charge is 0.305 e. The maximum atomic E-state index is 11.7. The van der Waals surface area contributed by atoms with Crippen LogP contribution in [0, 0.1) is 46.3 Å². The van der Waals surface area contributed by atoms with E-state index in [0.717, 1.165) is 38.5 Å². The maximum absolute atomic E-state index is 11.7. The maximum Gasteiger partial charge on any atom is 0.305 e. The van der Waals surface area contributed by atoms with Crippen LogP contribution in [0.5, 0.6) is 0 Å². The van der Waals surface area contributed by atoms with E-state index < -0.39 is 12.2 Å². The highest BCUT2D eigenvalue weighted by Crippen LogP contribution is 2.68. The molecule has 4 aliphatic carbocycles. The van der Waals surface area contributed by atoms with Gasteiger partial charge in [0.25, 0.3) is 0 Å². The molecular weight excluding hydrogens is 380 g/mol. The molecule has 11 atom stereocenters. The lowest BCUT2D eigenvalue weighted by atomic mass is 9.43. The molecule has 4 fully saturated rings. The fourth-order valence-corrected chi connectivity index (χ4v) is 8.86. The van der Waals surface area contributed by atoms with E-state index >= 15 is 0 Å². The lowest BCUT2D eigenvalue weighted by Gasteiger charge is -2.63. The third kappa shape index (κ3) is 3.34. The Kier molecular flexibility index (Phi) is 6.04. The SMILES string of the molecule is COC(=O)CC[C@@H](C)[C@H]1CC[C@H]2[C@@H]3[C@H](O)[C@@H](O)[C@@H]4C[C@H](O)CC[C@]4(C)[C@H]3CC[C@]12C. The number of fused-ring (bicyclic) bond motifs is 5. The third-order valence-electron chi connectivity index (χ3n) is 10.5. The number of rotatable bonds is 4. The van der Waals surface area contributed by atoms with Gasteiger partial charge in [-0.1, -0.05) is 20.8 Å². The van der Waals surface area contributed by atoms with E-state index in [9.17, 15) is 20.1 Å². The summed E-state index contributed by atoms with van der Waals surface area (Å²) in [6.07, 6.45) is 6.48. The van der Waals surface area contributed by atoms with Gasteiger partial charge in [0.05, 0.1) is 25.4 Å². The Morgan fingerprint density at radius 2 is 1.63 bits per heavy atom. The lowest BCUT2D eigenvalue weighted by Crippen LogP contribution is -2.64. The normalized spacial score (nSPS) is 51.4. The molecule has 0 bridgehead atoms. The second-order valence-electron chi connectivity index (χ2n) is 11.6. The molecule has 0 aromatic carbocycles. The third-order valence-corrected chi connectivity index (χ3v) is 10.5. The fraction of sp³-hybridized carbons (Fsp3) is 0.960. The Bertz CT molecular complexity index is 651. The largest absolute Gasteiger partial charge is 0.469 e. The average Bonchev–Trinajstić information content (AvgIpc) is 3.08.